The van der Waals surface area contributed by atoms with Crippen LogP contribution in [0.2, 0.25) is 0 Å². The molecule has 0 aliphatic rings. The Morgan fingerprint density at radius 2 is 2.22 bits per heavy atom. The molecule has 0 aliphatic heterocycles. The van der Waals surface area contributed by atoms with E-state index in [0.717, 1.165) is 0 Å². The molecule has 0 radical (unpaired) electrons. The van der Waals surface area contributed by atoms with E-state index in [0.29, 0.717) is 5.25 Å². The molecule has 52 valence electrons. The van der Waals surface area contributed by atoms with Crippen molar-refractivity contribution in [1.82, 2.24) is 0 Å². The van der Waals surface area contributed by atoms with Crippen LogP contribution in [0, 0.1) is 0 Å². The summed E-state index contributed by atoms with van der Waals surface area (Å²) in [6.45, 7) is 5.55. The van der Waals surface area contributed by atoms with E-state index in [-0.39, 0.29) is 5.12 Å². The summed E-state index contributed by atoms with van der Waals surface area (Å²) in [5.41, 5.74) is 0. The average Bonchev–Trinajstić information content (AvgIpc) is 1.63. The maximum atomic E-state index is 10.5. The maximum Gasteiger partial charge on any atom is 0.186 e. The highest BCUT2D eigenvalue weighted by molar-refractivity contribution is 8.14. The third-order valence-electron chi connectivity index (χ3n) is 0.815. The first-order valence-electron chi connectivity index (χ1n) is 2.97. The lowest BCUT2D eigenvalue weighted by Crippen LogP contribution is -1.93. The fraction of sp³-hybridized carbons (Fsp3) is 0.571. The van der Waals surface area contributed by atoms with Gasteiger partial charge in [0.25, 0.3) is 0 Å². The Kier molecular flexibility index (Phi) is 4.50. The molecule has 0 spiro atoms. The first kappa shape index (κ1) is 8.76. The molecule has 0 saturated carbocycles. The van der Waals surface area contributed by atoms with Gasteiger partial charge in [-0.25, -0.2) is 0 Å². The van der Waals surface area contributed by atoms with Crippen LogP contribution in [0.3, 0.4) is 0 Å². The van der Waals surface area contributed by atoms with Crippen LogP contribution >= 0.6 is 11.8 Å². The molecule has 0 rings (SSSR count). The summed E-state index contributed by atoms with van der Waals surface area (Å²) >= 11 is 1.35. The van der Waals surface area contributed by atoms with E-state index in [2.05, 4.69) is 0 Å². The molecule has 9 heavy (non-hydrogen) atoms. The molecule has 0 aromatic rings. The molecule has 0 aromatic carbocycles. The minimum absolute atomic E-state index is 0.181. The van der Waals surface area contributed by atoms with Crippen molar-refractivity contribution in [3.8, 4) is 0 Å². The van der Waals surface area contributed by atoms with Crippen molar-refractivity contribution in [2.45, 2.75) is 26.0 Å². The molecule has 0 N–H and O–H groups in total. The van der Waals surface area contributed by atoms with Crippen LogP contribution in [0.15, 0.2) is 12.2 Å². The number of thioether (sulfide) groups is 1. The zero-order valence-electron chi connectivity index (χ0n) is 6.05. The van der Waals surface area contributed by atoms with Crippen molar-refractivity contribution >= 4 is 16.9 Å². The Bertz CT molecular complexity index is 118. The Labute approximate surface area is 60.5 Å². The van der Waals surface area contributed by atoms with Gasteiger partial charge in [0.15, 0.2) is 5.12 Å². The highest BCUT2D eigenvalue weighted by Crippen LogP contribution is 2.11. The predicted octanol–water partition coefficient (Wildman–Crippen LogP) is 2.23. The Balaban J connectivity index is 3.50. The number of hydrogen-bond acceptors (Lipinski definition) is 2. The van der Waals surface area contributed by atoms with Gasteiger partial charge in [-0.05, 0) is 13.8 Å². The summed E-state index contributed by atoms with van der Waals surface area (Å²) in [6.07, 6.45) is 3.96. The van der Waals surface area contributed by atoms with E-state index in [4.69, 9.17) is 0 Å². The first-order valence-corrected chi connectivity index (χ1v) is 3.84. The molecule has 0 saturated heterocycles. The van der Waals surface area contributed by atoms with Crippen molar-refractivity contribution in [1.29, 1.82) is 0 Å². The van der Waals surface area contributed by atoms with Crippen molar-refractivity contribution in [2.75, 3.05) is 0 Å². The predicted molar refractivity (Wildman–Crippen MR) is 42.5 cm³/mol. The van der Waals surface area contributed by atoms with Gasteiger partial charge in [0.05, 0.1) is 0 Å². The molecule has 0 aliphatic carbocycles. The van der Waals surface area contributed by atoms with Crippen molar-refractivity contribution < 1.29 is 4.79 Å². The molecule has 0 aromatic heterocycles. The van der Waals surface area contributed by atoms with Crippen molar-refractivity contribution in [3.63, 3.8) is 0 Å². The van der Waals surface area contributed by atoms with Gasteiger partial charge in [-0.3, -0.25) is 4.79 Å². The van der Waals surface area contributed by atoms with E-state index >= 15 is 0 Å². The molecule has 0 bridgehead atoms. The topological polar surface area (TPSA) is 17.1 Å². The summed E-state index contributed by atoms with van der Waals surface area (Å²) in [6, 6.07) is 0. The summed E-state index contributed by atoms with van der Waals surface area (Å²) in [7, 11) is 0. The fourth-order valence-corrected chi connectivity index (χ4v) is 1.33. The van der Waals surface area contributed by atoms with E-state index in [1.165, 1.54) is 11.8 Å². The molecule has 0 heterocycles. The van der Waals surface area contributed by atoms with Crippen LogP contribution in [-0.4, -0.2) is 10.4 Å². The third kappa shape index (κ3) is 5.63. The van der Waals surface area contributed by atoms with Crippen LogP contribution in [-0.2, 0) is 4.79 Å². The second-order valence-electron chi connectivity index (χ2n) is 1.84. The van der Waals surface area contributed by atoms with Gasteiger partial charge in [-0.15, -0.1) is 0 Å². The number of rotatable bonds is 2. The summed E-state index contributed by atoms with van der Waals surface area (Å²) < 4.78 is 0. The van der Waals surface area contributed by atoms with E-state index in [1.807, 2.05) is 26.0 Å². The van der Waals surface area contributed by atoms with Crippen LogP contribution in [0.5, 0.6) is 0 Å². The van der Waals surface area contributed by atoms with E-state index in [9.17, 15) is 4.79 Å². The smallest absolute Gasteiger partial charge is 0.186 e. The van der Waals surface area contributed by atoms with Crippen LogP contribution in [0.1, 0.15) is 20.8 Å². The molecular formula is C7H12OS. The van der Waals surface area contributed by atoms with Gasteiger partial charge in [0, 0.05) is 12.2 Å². The van der Waals surface area contributed by atoms with Gasteiger partial charge >= 0.3 is 0 Å². The molecule has 1 nitrogen and oxygen atoms in total. The molecule has 0 unspecified atom stereocenters. The zero-order chi connectivity index (χ0) is 7.28. The summed E-state index contributed by atoms with van der Waals surface area (Å²) in [4.78, 5) is 10.5. The number of carbonyl (C=O) groups excluding carboxylic acids is 1. The van der Waals surface area contributed by atoms with Crippen molar-refractivity contribution in [2.24, 2.45) is 0 Å². The van der Waals surface area contributed by atoms with Crippen LogP contribution in [0.4, 0.5) is 0 Å². The highest BCUT2D eigenvalue weighted by Gasteiger charge is 1.99. The number of hydrogen-bond donors (Lipinski definition) is 0. The molecule has 0 amide bonds. The Hall–Kier alpha value is -0.240. The lowest BCUT2D eigenvalue weighted by Gasteiger charge is -1.98. The fourth-order valence-electron chi connectivity index (χ4n) is 0.572. The zero-order valence-corrected chi connectivity index (χ0v) is 6.87. The number of carbonyl (C=O) groups is 1. The van der Waals surface area contributed by atoms with Gasteiger partial charge < -0.3 is 0 Å². The maximum absolute atomic E-state index is 10.5. The van der Waals surface area contributed by atoms with Gasteiger partial charge in [0.2, 0.25) is 0 Å². The minimum Gasteiger partial charge on any atom is -0.288 e. The Morgan fingerprint density at radius 1 is 1.67 bits per heavy atom. The minimum atomic E-state index is 0.181. The van der Waals surface area contributed by atoms with Gasteiger partial charge in [0.1, 0.15) is 0 Å². The SMILES string of the molecule is C/C=C/[C@@H](C)SC(C)=O. The largest absolute Gasteiger partial charge is 0.288 e. The normalized spacial score (nSPS) is 14.1. The quantitative estimate of drug-likeness (QED) is 0.553. The highest BCUT2D eigenvalue weighted by atomic mass is 32.2. The summed E-state index contributed by atoms with van der Waals surface area (Å²) in [5, 5.41) is 0.507. The molecule has 1 atom stereocenters. The second kappa shape index (κ2) is 4.62. The molecule has 2 heteroatoms. The summed E-state index contributed by atoms with van der Waals surface area (Å²) in [5.74, 6) is 0. The standard InChI is InChI=1S/C7H12OS/c1-4-5-6(2)9-7(3)8/h4-6H,1-3H3/b5-4+/t6-/m1/s1. The number of allylic oxidation sites excluding steroid dienone is 1. The van der Waals surface area contributed by atoms with Crippen LogP contribution in [0.25, 0.3) is 0 Å². The average molecular weight is 144 g/mol. The lowest BCUT2D eigenvalue weighted by atomic mass is 10.4. The van der Waals surface area contributed by atoms with E-state index in [1.54, 1.807) is 6.92 Å². The van der Waals surface area contributed by atoms with Gasteiger partial charge in [-0.1, -0.05) is 23.9 Å². The van der Waals surface area contributed by atoms with Gasteiger partial charge in [-0.2, -0.15) is 0 Å². The van der Waals surface area contributed by atoms with E-state index < -0.39 is 0 Å². The van der Waals surface area contributed by atoms with Crippen molar-refractivity contribution in [3.05, 3.63) is 12.2 Å². The Morgan fingerprint density at radius 3 is 2.56 bits per heavy atom. The molecule has 0 fully saturated rings. The monoisotopic (exact) mass is 144 g/mol. The van der Waals surface area contributed by atoms with Crippen LogP contribution < -0.4 is 0 Å². The third-order valence-corrected chi connectivity index (χ3v) is 1.68. The molecular weight excluding hydrogens is 132 g/mol. The second-order valence-corrected chi connectivity index (χ2v) is 3.39. The lowest BCUT2D eigenvalue weighted by molar-refractivity contribution is -0.109. The first-order chi connectivity index (χ1) is 4.16.